The third kappa shape index (κ3) is 15.9. The molecule has 1 atom stereocenters. The van der Waals surface area contributed by atoms with E-state index in [2.05, 4.69) is 35.0 Å². The Morgan fingerprint density at radius 2 is 1.96 bits per heavy atom. The van der Waals surface area contributed by atoms with Crippen molar-refractivity contribution in [1.82, 2.24) is 4.90 Å². The van der Waals surface area contributed by atoms with Crippen LogP contribution in [0.25, 0.3) is 0 Å². The molecule has 5 heteroatoms. The van der Waals surface area contributed by atoms with Gasteiger partial charge in [0.25, 0.3) is 6.47 Å². The molecule has 0 amide bonds. The molecule has 154 valence electrons. The van der Waals surface area contributed by atoms with Gasteiger partial charge in [-0.25, -0.2) is 0 Å². The van der Waals surface area contributed by atoms with Gasteiger partial charge in [-0.3, -0.25) is 14.5 Å². The van der Waals surface area contributed by atoms with Gasteiger partial charge in [0.2, 0.25) is 0 Å². The molecule has 0 bridgehead atoms. The van der Waals surface area contributed by atoms with E-state index in [1.165, 1.54) is 0 Å². The molecule has 0 aromatic rings. The fourth-order valence-electron chi connectivity index (χ4n) is 2.25. The van der Waals surface area contributed by atoms with Gasteiger partial charge in [0.05, 0.1) is 0 Å². The van der Waals surface area contributed by atoms with E-state index in [0.717, 1.165) is 31.4 Å². The first-order valence-corrected chi connectivity index (χ1v) is 9.34. The zero-order chi connectivity index (χ0) is 21.3. The minimum atomic E-state index is -0.318. The van der Waals surface area contributed by atoms with E-state index >= 15 is 0 Å². The molecule has 27 heavy (non-hydrogen) atoms. The van der Waals surface area contributed by atoms with E-state index in [1.807, 2.05) is 46.9 Å². The molecule has 1 heterocycles. The van der Waals surface area contributed by atoms with Crippen molar-refractivity contribution in [3.8, 4) is 12.3 Å². The van der Waals surface area contributed by atoms with Gasteiger partial charge in [-0.15, -0.1) is 12.3 Å². The monoisotopic (exact) mass is 379 g/mol. The number of likely N-dealkylation sites (N-methyl/N-ethyl adjacent to an activating group) is 1. The summed E-state index contributed by atoms with van der Waals surface area (Å²) in [6.45, 7) is 13.0. The molecule has 1 aliphatic heterocycles. The molecule has 0 aliphatic carbocycles. The molecular formula is C22H37NO4. The van der Waals surface area contributed by atoms with Gasteiger partial charge in [-0.1, -0.05) is 25.2 Å². The Hall–Kier alpha value is -2.06. The van der Waals surface area contributed by atoms with Crippen molar-refractivity contribution in [2.24, 2.45) is 0 Å². The number of hydrogen-bond acceptors (Lipinski definition) is 5. The predicted molar refractivity (Wildman–Crippen MR) is 111 cm³/mol. The lowest BCUT2D eigenvalue weighted by atomic mass is 10.2. The fraction of sp³-hybridized carbons (Fsp3) is 0.636. The van der Waals surface area contributed by atoms with Crippen molar-refractivity contribution < 1.29 is 19.1 Å². The van der Waals surface area contributed by atoms with Crippen molar-refractivity contribution in [2.75, 3.05) is 20.2 Å². The highest BCUT2D eigenvalue weighted by molar-refractivity contribution is 5.76. The third-order valence-electron chi connectivity index (χ3n) is 3.42. The lowest BCUT2D eigenvalue weighted by Crippen LogP contribution is -2.34. The zero-order valence-electron chi connectivity index (χ0n) is 18.1. The Labute approximate surface area is 165 Å². The number of nitrogens with zero attached hydrogens (tertiary/aromatic N) is 1. The Kier molecular flexibility index (Phi) is 16.2. The lowest BCUT2D eigenvalue weighted by Gasteiger charge is -2.17. The molecule has 1 aliphatic rings. The molecule has 0 N–H and O–H groups in total. The highest BCUT2D eigenvalue weighted by Crippen LogP contribution is 2.16. The van der Waals surface area contributed by atoms with Crippen LogP contribution in [-0.4, -0.2) is 49.2 Å². The number of allylic oxidation sites excluding steroid dienone is 2. The van der Waals surface area contributed by atoms with Crippen molar-refractivity contribution in [2.45, 2.75) is 72.4 Å². The lowest BCUT2D eigenvalue weighted by molar-refractivity contribution is -0.147. The van der Waals surface area contributed by atoms with Crippen LogP contribution in [0.15, 0.2) is 23.8 Å². The summed E-state index contributed by atoms with van der Waals surface area (Å²) in [5, 5.41) is 0. The third-order valence-corrected chi connectivity index (χ3v) is 3.42. The second-order valence-electron chi connectivity index (χ2n) is 7.05. The van der Waals surface area contributed by atoms with Gasteiger partial charge < -0.3 is 9.47 Å². The molecular weight excluding hydrogens is 342 g/mol. The smallest absolute Gasteiger partial charge is 0.323 e. The number of terminal acetylenes is 1. The maximum atomic E-state index is 11.9. The average molecular weight is 380 g/mol. The van der Waals surface area contributed by atoms with Crippen molar-refractivity contribution in [3.05, 3.63) is 23.8 Å². The summed E-state index contributed by atoms with van der Waals surface area (Å²) in [5.41, 5.74) is 0.755. The molecule has 1 rings (SSSR count). The largest absolute Gasteiger partial charge is 0.462 e. The maximum Gasteiger partial charge on any atom is 0.323 e. The molecule has 0 radical (unpaired) electrons. The quantitative estimate of drug-likeness (QED) is 0.300. The molecule has 0 aromatic heterocycles. The molecule has 0 spiro atoms. The second-order valence-corrected chi connectivity index (χ2v) is 7.05. The standard InChI is InChI=1S/C14H23NO2.C5H10O2.C3H4/c1-4-7-12(8-5-2)11-17-14(16)13-9-6-10-15(13)3;1-5(2,3)7-4-6;1-3-2/h4,7-8,13H,5-6,9-11H2,1-3H3;4H,1-3H3;1H,2H3/b7-4-,12-8+;;/t13-;;/m0../s1. The van der Waals surface area contributed by atoms with Gasteiger partial charge in [0.15, 0.2) is 0 Å². The SMILES string of the molecule is C#CC.C/C=C\C(=C/CC)COC(=O)[C@@H]1CCCN1C.CC(C)(C)OC=O. The van der Waals surface area contributed by atoms with Gasteiger partial charge in [0, 0.05) is 0 Å². The van der Waals surface area contributed by atoms with Crippen molar-refractivity contribution in [1.29, 1.82) is 0 Å². The number of esters is 1. The van der Waals surface area contributed by atoms with Crippen LogP contribution >= 0.6 is 0 Å². The van der Waals surface area contributed by atoms with Crippen LogP contribution in [0.3, 0.4) is 0 Å². The first-order chi connectivity index (χ1) is 12.7. The van der Waals surface area contributed by atoms with E-state index in [9.17, 15) is 9.59 Å². The van der Waals surface area contributed by atoms with Crippen LogP contribution in [0.2, 0.25) is 0 Å². The first-order valence-electron chi connectivity index (χ1n) is 9.34. The van der Waals surface area contributed by atoms with Crippen LogP contribution in [0, 0.1) is 12.3 Å². The Bertz CT molecular complexity index is 509. The minimum Gasteiger partial charge on any atom is -0.462 e. The number of carbonyl (C=O) groups excluding carboxylic acids is 2. The molecule has 0 unspecified atom stereocenters. The summed E-state index contributed by atoms with van der Waals surface area (Å²) in [6, 6.07) is -0.0384. The molecule has 1 fully saturated rings. The van der Waals surface area contributed by atoms with Crippen LogP contribution < -0.4 is 0 Å². The maximum absolute atomic E-state index is 11.9. The molecule has 0 saturated carbocycles. The average Bonchev–Trinajstić information content (AvgIpc) is 2.99. The van der Waals surface area contributed by atoms with Crippen molar-refractivity contribution >= 4 is 12.4 Å². The first kappa shape index (κ1) is 27.2. The molecule has 1 saturated heterocycles. The fourth-order valence-corrected chi connectivity index (χ4v) is 2.25. The van der Waals surface area contributed by atoms with Crippen LogP contribution in [0.5, 0.6) is 0 Å². The minimum absolute atomic E-state index is 0.0384. The number of hydrogen-bond donors (Lipinski definition) is 0. The molecule has 5 nitrogen and oxygen atoms in total. The van der Waals surface area contributed by atoms with Gasteiger partial charge >= 0.3 is 5.97 Å². The number of carbonyl (C=O) groups is 2. The van der Waals surface area contributed by atoms with Crippen LogP contribution in [-0.2, 0) is 19.1 Å². The van der Waals surface area contributed by atoms with Crippen molar-refractivity contribution in [3.63, 3.8) is 0 Å². The highest BCUT2D eigenvalue weighted by Gasteiger charge is 2.28. The summed E-state index contributed by atoms with van der Waals surface area (Å²) in [6.07, 6.45) is 13.6. The van der Waals surface area contributed by atoms with E-state index < -0.39 is 0 Å². The van der Waals surface area contributed by atoms with E-state index in [-0.39, 0.29) is 17.6 Å². The highest BCUT2D eigenvalue weighted by atomic mass is 16.5. The zero-order valence-corrected chi connectivity index (χ0v) is 18.1. The summed E-state index contributed by atoms with van der Waals surface area (Å²) >= 11 is 0. The van der Waals surface area contributed by atoms with E-state index in [0.29, 0.717) is 13.1 Å². The van der Waals surface area contributed by atoms with Crippen LogP contribution in [0.4, 0.5) is 0 Å². The summed E-state index contributed by atoms with van der Waals surface area (Å²) < 4.78 is 9.91. The Morgan fingerprint density at radius 3 is 2.30 bits per heavy atom. The number of likely N-dealkylation sites (tertiary alicyclic amines) is 1. The summed E-state index contributed by atoms with van der Waals surface area (Å²) in [7, 11) is 1.98. The summed E-state index contributed by atoms with van der Waals surface area (Å²) in [4.78, 5) is 23.5. The second kappa shape index (κ2) is 16.1. The Balaban J connectivity index is 0. The van der Waals surface area contributed by atoms with Gasteiger partial charge in [-0.05, 0) is 73.0 Å². The Morgan fingerprint density at radius 1 is 1.37 bits per heavy atom. The van der Waals surface area contributed by atoms with E-state index in [4.69, 9.17) is 4.74 Å². The van der Waals surface area contributed by atoms with E-state index in [1.54, 1.807) is 6.92 Å². The topological polar surface area (TPSA) is 55.8 Å². The predicted octanol–water partition coefficient (Wildman–Crippen LogP) is 4.13. The van der Waals surface area contributed by atoms with Gasteiger partial charge in [0.1, 0.15) is 18.2 Å². The van der Waals surface area contributed by atoms with Crippen LogP contribution in [0.1, 0.15) is 60.8 Å². The van der Waals surface area contributed by atoms with Gasteiger partial charge in [-0.2, -0.15) is 0 Å². The number of ether oxygens (including phenoxy) is 2. The summed E-state index contributed by atoms with van der Waals surface area (Å²) in [5.74, 6) is 2.16. The normalized spacial score (nSPS) is 17.1. The molecule has 0 aromatic carbocycles. The number of rotatable bonds is 6.